The molecule has 0 bridgehead atoms. The first-order valence-corrected chi connectivity index (χ1v) is 2.76. The van der Waals surface area contributed by atoms with E-state index in [0.717, 1.165) is 0 Å². The molecule has 0 radical (unpaired) electrons. The lowest BCUT2D eigenvalue weighted by atomic mass is 10.1. The summed E-state index contributed by atoms with van der Waals surface area (Å²) in [4.78, 5) is 10.1. The highest BCUT2D eigenvalue weighted by Crippen LogP contribution is 1.98. The summed E-state index contributed by atoms with van der Waals surface area (Å²) in [5, 5.41) is 16.6. The first kappa shape index (κ1) is 8.39. The van der Waals surface area contributed by atoms with E-state index in [1.807, 2.05) is 0 Å². The van der Waals surface area contributed by atoms with Crippen molar-refractivity contribution in [3.05, 3.63) is 0 Å². The van der Waals surface area contributed by atoms with E-state index in [-0.39, 0.29) is 19.6 Å². The van der Waals surface area contributed by atoms with Crippen LogP contribution in [0.4, 0.5) is 0 Å². The van der Waals surface area contributed by atoms with Crippen LogP contribution >= 0.6 is 0 Å². The summed E-state index contributed by atoms with van der Waals surface area (Å²) in [5.41, 5.74) is 5.07. The van der Waals surface area contributed by atoms with Crippen molar-refractivity contribution in [2.75, 3.05) is 13.2 Å². The second kappa shape index (κ2) is 4.29. The van der Waals surface area contributed by atoms with Gasteiger partial charge >= 0.3 is 5.97 Å². The molecule has 0 aliphatic rings. The molecular weight excluding hydrogens is 122 g/mol. The number of nitrogens with two attached hydrogens (primary N) is 1. The normalized spacial score (nSPS) is 13.1. The molecule has 0 heterocycles. The van der Waals surface area contributed by atoms with Crippen molar-refractivity contribution in [3.63, 3.8) is 0 Å². The van der Waals surface area contributed by atoms with E-state index in [4.69, 9.17) is 15.9 Å². The average Bonchev–Trinajstić information content (AvgIpc) is 1.82. The van der Waals surface area contributed by atoms with Crippen LogP contribution in [-0.4, -0.2) is 29.3 Å². The van der Waals surface area contributed by atoms with Crippen molar-refractivity contribution >= 4 is 5.97 Å². The summed E-state index contributed by atoms with van der Waals surface area (Å²) in [7, 11) is 0. The number of rotatable bonds is 4. The van der Waals surface area contributed by atoms with Crippen molar-refractivity contribution in [1.82, 2.24) is 0 Å². The first-order chi connectivity index (χ1) is 4.22. The van der Waals surface area contributed by atoms with E-state index in [1.165, 1.54) is 0 Å². The third-order valence-electron chi connectivity index (χ3n) is 1.11. The number of aliphatic carboxylic acids is 1. The van der Waals surface area contributed by atoms with Crippen LogP contribution < -0.4 is 5.73 Å². The second-order valence-corrected chi connectivity index (χ2v) is 1.78. The topological polar surface area (TPSA) is 83.5 Å². The van der Waals surface area contributed by atoms with Gasteiger partial charge in [0.2, 0.25) is 0 Å². The molecule has 0 amide bonds. The van der Waals surface area contributed by atoms with Gasteiger partial charge in [0.1, 0.15) is 0 Å². The largest absolute Gasteiger partial charge is 0.481 e. The summed E-state index contributed by atoms with van der Waals surface area (Å²) in [5.74, 6) is -1.53. The third kappa shape index (κ3) is 3.05. The zero-order valence-corrected chi connectivity index (χ0v) is 5.08. The van der Waals surface area contributed by atoms with Crippen LogP contribution in [0.3, 0.4) is 0 Å². The van der Waals surface area contributed by atoms with Crippen molar-refractivity contribution in [2.24, 2.45) is 11.7 Å². The van der Waals surface area contributed by atoms with E-state index >= 15 is 0 Å². The summed E-state index contributed by atoms with van der Waals surface area (Å²) in [6, 6.07) is 0. The van der Waals surface area contributed by atoms with Gasteiger partial charge in [0, 0.05) is 13.2 Å². The lowest BCUT2D eigenvalue weighted by Gasteiger charge is -2.04. The number of carboxylic acid groups (broad SMARTS) is 1. The average molecular weight is 133 g/mol. The number of hydrogen-bond acceptors (Lipinski definition) is 3. The van der Waals surface area contributed by atoms with Crippen molar-refractivity contribution in [1.29, 1.82) is 0 Å². The van der Waals surface area contributed by atoms with Crippen molar-refractivity contribution in [2.45, 2.75) is 6.42 Å². The number of hydrogen-bond donors (Lipinski definition) is 3. The molecule has 0 aromatic rings. The minimum atomic E-state index is -0.938. The van der Waals surface area contributed by atoms with E-state index in [2.05, 4.69) is 0 Å². The molecule has 0 fully saturated rings. The fraction of sp³-hybridized carbons (Fsp3) is 0.800. The lowest BCUT2D eigenvalue weighted by molar-refractivity contribution is -0.141. The van der Waals surface area contributed by atoms with Crippen molar-refractivity contribution < 1.29 is 15.0 Å². The molecular formula is C5H11NO3. The molecule has 4 nitrogen and oxygen atoms in total. The monoisotopic (exact) mass is 133 g/mol. The minimum Gasteiger partial charge on any atom is -0.481 e. The zero-order valence-electron chi connectivity index (χ0n) is 5.08. The van der Waals surface area contributed by atoms with E-state index in [0.29, 0.717) is 0 Å². The molecule has 0 aliphatic heterocycles. The predicted molar refractivity (Wildman–Crippen MR) is 31.9 cm³/mol. The molecule has 0 aromatic carbocycles. The van der Waals surface area contributed by atoms with Crippen LogP contribution in [-0.2, 0) is 4.79 Å². The maximum absolute atomic E-state index is 10.1. The maximum atomic E-state index is 10.1. The van der Waals surface area contributed by atoms with Gasteiger partial charge in [-0.1, -0.05) is 0 Å². The second-order valence-electron chi connectivity index (χ2n) is 1.78. The van der Waals surface area contributed by atoms with Crippen LogP contribution in [0.5, 0.6) is 0 Å². The number of aliphatic hydroxyl groups excluding tert-OH is 1. The molecule has 1 unspecified atom stereocenters. The third-order valence-corrected chi connectivity index (χ3v) is 1.11. The SMILES string of the molecule is NCC(CCO)C(=O)O. The standard InChI is InChI=1S/C5H11NO3/c6-3-4(1-2-7)5(8)9/h4,7H,1-3,6H2,(H,8,9). The van der Waals surface area contributed by atoms with Gasteiger partial charge in [-0.2, -0.15) is 0 Å². The quantitative estimate of drug-likeness (QED) is 0.460. The molecule has 0 aliphatic carbocycles. The highest BCUT2D eigenvalue weighted by atomic mass is 16.4. The molecule has 0 spiro atoms. The Bertz CT molecular complexity index is 94.2. The highest BCUT2D eigenvalue weighted by molar-refractivity contribution is 5.70. The minimum absolute atomic E-state index is 0.0931. The van der Waals surface area contributed by atoms with Gasteiger partial charge in [-0.3, -0.25) is 4.79 Å². The van der Waals surface area contributed by atoms with Crippen LogP contribution in [0.2, 0.25) is 0 Å². The number of carbonyl (C=O) groups is 1. The van der Waals surface area contributed by atoms with Gasteiger partial charge in [-0.25, -0.2) is 0 Å². The molecule has 0 rings (SSSR count). The molecule has 54 valence electrons. The Morgan fingerprint density at radius 1 is 1.67 bits per heavy atom. The van der Waals surface area contributed by atoms with Gasteiger partial charge in [-0.15, -0.1) is 0 Å². The van der Waals surface area contributed by atoms with E-state index in [9.17, 15) is 4.79 Å². The smallest absolute Gasteiger partial charge is 0.307 e. The van der Waals surface area contributed by atoms with E-state index in [1.54, 1.807) is 0 Å². The fourth-order valence-electron chi connectivity index (χ4n) is 0.498. The Hall–Kier alpha value is -0.610. The number of aliphatic hydroxyl groups is 1. The molecule has 4 N–H and O–H groups in total. The van der Waals surface area contributed by atoms with Crippen molar-refractivity contribution in [3.8, 4) is 0 Å². The van der Waals surface area contributed by atoms with Crippen LogP contribution in [0.25, 0.3) is 0 Å². The van der Waals surface area contributed by atoms with Gasteiger partial charge < -0.3 is 15.9 Å². The van der Waals surface area contributed by atoms with Gasteiger partial charge in [0.25, 0.3) is 0 Å². The van der Waals surface area contributed by atoms with Crippen LogP contribution in [0.1, 0.15) is 6.42 Å². The molecule has 4 heteroatoms. The maximum Gasteiger partial charge on any atom is 0.307 e. The Balaban J connectivity index is 3.54. The Labute approximate surface area is 53.3 Å². The summed E-state index contributed by atoms with van der Waals surface area (Å²) < 4.78 is 0. The molecule has 9 heavy (non-hydrogen) atoms. The molecule has 1 atom stereocenters. The summed E-state index contributed by atoms with van der Waals surface area (Å²) in [6.45, 7) is -0.0237. The summed E-state index contributed by atoms with van der Waals surface area (Å²) >= 11 is 0. The molecule has 0 saturated carbocycles. The summed E-state index contributed by atoms with van der Waals surface area (Å²) in [6.07, 6.45) is 0.242. The fourth-order valence-corrected chi connectivity index (χ4v) is 0.498. The van der Waals surface area contributed by atoms with Crippen LogP contribution in [0, 0.1) is 5.92 Å². The Morgan fingerprint density at radius 3 is 2.33 bits per heavy atom. The molecule has 0 saturated heterocycles. The van der Waals surface area contributed by atoms with Crippen LogP contribution in [0.15, 0.2) is 0 Å². The van der Waals surface area contributed by atoms with Gasteiger partial charge in [0.05, 0.1) is 5.92 Å². The number of carboxylic acids is 1. The zero-order chi connectivity index (χ0) is 7.28. The Morgan fingerprint density at radius 2 is 2.22 bits per heavy atom. The highest BCUT2D eigenvalue weighted by Gasteiger charge is 2.13. The van der Waals surface area contributed by atoms with E-state index < -0.39 is 11.9 Å². The Kier molecular flexibility index (Phi) is 4.00. The lowest BCUT2D eigenvalue weighted by Crippen LogP contribution is -2.24. The first-order valence-electron chi connectivity index (χ1n) is 2.76. The predicted octanol–water partition coefficient (Wildman–Crippen LogP) is -0.972. The van der Waals surface area contributed by atoms with Gasteiger partial charge in [-0.05, 0) is 6.42 Å². The molecule has 0 aromatic heterocycles. The van der Waals surface area contributed by atoms with Gasteiger partial charge in [0.15, 0.2) is 0 Å².